The van der Waals surface area contributed by atoms with Gasteiger partial charge in [0.15, 0.2) is 0 Å². The largest absolute Gasteiger partial charge is 0.482 e. The molecule has 0 unspecified atom stereocenters. The van der Waals surface area contributed by atoms with Crippen LogP contribution in [0.15, 0.2) is 11.8 Å². The lowest BCUT2D eigenvalue weighted by Crippen LogP contribution is -2.31. The Labute approximate surface area is 74.2 Å². The molecule has 0 saturated carbocycles. The third-order valence-corrected chi connectivity index (χ3v) is 1.85. The minimum atomic E-state index is 0.484. The Hall–Kier alpha value is -0.940. The van der Waals surface area contributed by atoms with E-state index in [1.807, 2.05) is 0 Å². The molecule has 0 aromatic rings. The molecule has 0 radical (unpaired) electrons. The van der Waals surface area contributed by atoms with Crippen molar-refractivity contribution in [2.75, 3.05) is 19.8 Å². The molecule has 0 saturated heterocycles. The summed E-state index contributed by atoms with van der Waals surface area (Å²) in [4.78, 5) is 2.08. The fourth-order valence-corrected chi connectivity index (χ4v) is 1.14. The maximum absolute atomic E-state index is 5.50. The summed E-state index contributed by atoms with van der Waals surface area (Å²) in [6.07, 6.45) is 7.29. The van der Waals surface area contributed by atoms with E-state index in [2.05, 4.69) is 30.7 Å². The molecular formula is C10H15NO. The number of terminal acetylenes is 1. The van der Waals surface area contributed by atoms with Crippen molar-refractivity contribution in [1.29, 1.82) is 0 Å². The molecule has 1 rings (SSSR count). The maximum Gasteiger partial charge on any atom is 0.142 e. The highest BCUT2D eigenvalue weighted by atomic mass is 16.5. The van der Waals surface area contributed by atoms with E-state index in [1.165, 1.54) is 0 Å². The molecule has 12 heavy (non-hydrogen) atoms. The van der Waals surface area contributed by atoms with E-state index in [1.54, 1.807) is 0 Å². The van der Waals surface area contributed by atoms with Gasteiger partial charge in [0.1, 0.15) is 6.73 Å². The van der Waals surface area contributed by atoms with Crippen molar-refractivity contribution in [3.05, 3.63) is 11.8 Å². The number of ether oxygens (including phenoxy) is 1. The number of rotatable bonds is 2. The van der Waals surface area contributed by atoms with Gasteiger partial charge >= 0.3 is 0 Å². The van der Waals surface area contributed by atoms with Gasteiger partial charge in [-0.25, -0.2) is 0 Å². The Morgan fingerprint density at radius 2 is 2.50 bits per heavy atom. The number of nitrogens with zero attached hydrogens (tertiary/aromatic N) is 1. The van der Waals surface area contributed by atoms with Gasteiger partial charge in [-0.1, -0.05) is 19.8 Å². The fraction of sp³-hybridized carbons (Fsp3) is 0.600. The Morgan fingerprint density at radius 3 is 2.92 bits per heavy atom. The van der Waals surface area contributed by atoms with Gasteiger partial charge in [0.05, 0.1) is 12.3 Å². The molecule has 0 amide bonds. The van der Waals surface area contributed by atoms with E-state index in [-0.39, 0.29) is 0 Å². The fourth-order valence-electron chi connectivity index (χ4n) is 1.14. The molecule has 0 aliphatic carbocycles. The monoisotopic (exact) mass is 165 g/mol. The summed E-state index contributed by atoms with van der Waals surface area (Å²) in [7, 11) is 0. The second kappa shape index (κ2) is 4.18. The first kappa shape index (κ1) is 9.15. The van der Waals surface area contributed by atoms with Gasteiger partial charge in [-0.15, -0.1) is 6.42 Å². The molecule has 1 aliphatic rings. The second-order valence-electron chi connectivity index (χ2n) is 3.25. The highest BCUT2D eigenvalue weighted by molar-refractivity contribution is 5.01. The van der Waals surface area contributed by atoms with Gasteiger partial charge in [-0.3, -0.25) is 4.90 Å². The average Bonchev–Trinajstić information content (AvgIpc) is 2.06. The lowest BCUT2D eigenvalue weighted by atomic mass is 10.1. The van der Waals surface area contributed by atoms with Crippen LogP contribution in [0.4, 0.5) is 0 Å². The van der Waals surface area contributed by atoms with Crippen LogP contribution in [0.2, 0.25) is 0 Å². The second-order valence-corrected chi connectivity index (χ2v) is 3.25. The van der Waals surface area contributed by atoms with E-state index in [9.17, 15) is 0 Å². The van der Waals surface area contributed by atoms with Crippen molar-refractivity contribution in [3.63, 3.8) is 0 Å². The Balaban J connectivity index is 2.43. The number of hydrogen-bond acceptors (Lipinski definition) is 2. The minimum Gasteiger partial charge on any atom is -0.482 e. The molecular weight excluding hydrogens is 150 g/mol. The van der Waals surface area contributed by atoms with Crippen LogP contribution in [0.1, 0.15) is 13.8 Å². The van der Waals surface area contributed by atoms with Crippen LogP contribution in [0, 0.1) is 18.3 Å². The zero-order chi connectivity index (χ0) is 8.97. The molecule has 66 valence electrons. The maximum atomic E-state index is 5.50. The zero-order valence-electron chi connectivity index (χ0n) is 7.71. The minimum absolute atomic E-state index is 0.484. The lowest BCUT2D eigenvalue weighted by Gasteiger charge is -2.26. The molecule has 1 heterocycles. The van der Waals surface area contributed by atoms with Crippen LogP contribution in [-0.4, -0.2) is 24.7 Å². The van der Waals surface area contributed by atoms with Gasteiger partial charge in [-0.05, 0) is 6.08 Å². The third-order valence-electron chi connectivity index (χ3n) is 1.85. The van der Waals surface area contributed by atoms with Crippen LogP contribution in [0.3, 0.4) is 0 Å². The summed E-state index contributed by atoms with van der Waals surface area (Å²) in [6, 6.07) is 0. The first-order chi connectivity index (χ1) is 5.74. The highest BCUT2D eigenvalue weighted by Crippen LogP contribution is 2.15. The Bertz CT molecular complexity index is 212. The molecule has 2 nitrogen and oxygen atoms in total. The summed E-state index contributed by atoms with van der Waals surface area (Å²) in [5.41, 5.74) is 0. The van der Waals surface area contributed by atoms with Crippen LogP contribution in [0.25, 0.3) is 0 Å². The van der Waals surface area contributed by atoms with E-state index in [4.69, 9.17) is 11.2 Å². The molecule has 2 heteroatoms. The van der Waals surface area contributed by atoms with Gasteiger partial charge in [0.2, 0.25) is 0 Å². The number of allylic oxidation sites excluding steroid dienone is 1. The van der Waals surface area contributed by atoms with E-state index < -0.39 is 0 Å². The van der Waals surface area contributed by atoms with Crippen LogP contribution >= 0.6 is 0 Å². The van der Waals surface area contributed by atoms with Crippen LogP contribution in [0.5, 0.6) is 0 Å². The Morgan fingerprint density at radius 1 is 1.75 bits per heavy atom. The van der Waals surface area contributed by atoms with E-state index >= 15 is 0 Å². The Kier molecular flexibility index (Phi) is 3.19. The molecule has 0 bridgehead atoms. The van der Waals surface area contributed by atoms with Crippen molar-refractivity contribution in [3.8, 4) is 12.3 Å². The van der Waals surface area contributed by atoms with E-state index in [0.717, 1.165) is 12.3 Å². The van der Waals surface area contributed by atoms with Crippen molar-refractivity contribution in [2.45, 2.75) is 13.8 Å². The van der Waals surface area contributed by atoms with Crippen LogP contribution in [-0.2, 0) is 4.74 Å². The number of hydrogen-bond donors (Lipinski definition) is 0. The molecule has 0 spiro atoms. The predicted molar refractivity (Wildman–Crippen MR) is 49.3 cm³/mol. The summed E-state index contributed by atoms with van der Waals surface area (Å²) in [5, 5.41) is 0. The third kappa shape index (κ3) is 2.28. The topological polar surface area (TPSA) is 12.5 Å². The van der Waals surface area contributed by atoms with Crippen molar-refractivity contribution in [2.24, 2.45) is 5.92 Å². The highest BCUT2D eigenvalue weighted by Gasteiger charge is 2.12. The van der Waals surface area contributed by atoms with Crippen LogP contribution < -0.4 is 0 Å². The van der Waals surface area contributed by atoms with Crippen molar-refractivity contribution >= 4 is 0 Å². The van der Waals surface area contributed by atoms with Gasteiger partial charge in [0, 0.05) is 12.5 Å². The lowest BCUT2D eigenvalue weighted by molar-refractivity contribution is 0.0582. The normalized spacial score (nSPS) is 18.3. The van der Waals surface area contributed by atoms with Crippen molar-refractivity contribution < 1.29 is 4.74 Å². The average molecular weight is 165 g/mol. The molecule has 0 aromatic carbocycles. The SMILES string of the molecule is C#CCN1CC=C(C(C)C)OC1. The molecule has 0 aromatic heterocycles. The van der Waals surface area contributed by atoms with Crippen molar-refractivity contribution in [1.82, 2.24) is 4.90 Å². The molecule has 0 atom stereocenters. The zero-order valence-corrected chi connectivity index (χ0v) is 7.71. The summed E-state index contributed by atoms with van der Waals surface area (Å²) < 4.78 is 5.50. The summed E-state index contributed by atoms with van der Waals surface area (Å²) in [6.45, 7) is 6.47. The standard InChI is InChI=1S/C10H15NO/c1-4-6-11-7-5-10(9(2)3)12-8-11/h1,5,9H,6-8H2,2-3H3. The predicted octanol–water partition coefficient (Wildman–Crippen LogP) is 1.45. The molecule has 1 aliphatic heterocycles. The van der Waals surface area contributed by atoms with Gasteiger partial charge in [0.25, 0.3) is 0 Å². The van der Waals surface area contributed by atoms with E-state index in [0.29, 0.717) is 19.2 Å². The quantitative estimate of drug-likeness (QED) is 0.574. The molecule has 0 N–H and O–H groups in total. The summed E-state index contributed by atoms with van der Waals surface area (Å²) in [5.74, 6) is 4.17. The van der Waals surface area contributed by atoms with Gasteiger partial charge in [-0.2, -0.15) is 0 Å². The van der Waals surface area contributed by atoms with Gasteiger partial charge < -0.3 is 4.74 Å². The smallest absolute Gasteiger partial charge is 0.142 e. The first-order valence-corrected chi connectivity index (χ1v) is 4.22. The molecule has 0 fully saturated rings. The first-order valence-electron chi connectivity index (χ1n) is 4.22. The summed E-state index contributed by atoms with van der Waals surface area (Å²) >= 11 is 0.